The zero-order valence-electron chi connectivity index (χ0n) is 12.8. The van der Waals surface area contributed by atoms with Gasteiger partial charge in [-0.3, -0.25) is 4.79 Å². The molecule has 124 valence electrons. The number of carbonyl (C=O) groups excluding carboxylic acids is 1. The molecule has 0 bridgehead atoms. The highest BCUT2D eigenvalue weighted by atomic mass is 35.5. The van der Waals surface area contributed by atoms with Crippen molar-refractivity contribution in [2.75, 3.05) is 0 Å². The summed E-state index contributed by atoms with van der Waals surface area (Å²) >= 11 is 12.1. The molecule has 8 heteroatoms. The summed E-state index contributed by atoms with van der Waals surface area (Å²) in [6.45, 7) is 3.74. The van der Waals surface area contributed by atoms with Crippen LogP contribution >= 0.6 is 23.2 Å². The fraction of sp³-hybridized carbons (Fsp3) is 0.400. The van der Waals surface area contributed by atoms with Crippen molar-refractivity contribution in [3.05, 3.63) is 46.5 Å². The van der Waals surface area contributed by atoms with E-state index in [1.165, 1.54) is 23.4 Å². The Kier molecular flexibility index (Phi) is 5.62. The van der Waals surface area contributed by atoms with Gasteiger partial charge < -0.3 is 10.4 Å². The van der Waals surface area contributed by atoms with Gasteiger partial charge in [0.15, 0.2) is 0 Å². The molecule has 0 fully saturated rings. The van der Waals surface area contributed by atoms with Crippen molar-refractivity contribution < 1.29 is 9.90 Å². The Morgan fingerprint density at radius 2 is 2.17 bits per heavy atom. The lowest BCUT2D eigenvalue weighted by molar-refractivity contribution is -0.127. The Balaban J connectivity index is 2.35. The fourth-order valence-electron chi connectivity index (χ4n) is 2.32. The molecular weight excluding hydrogens is 339 g/mol. The van der Waals surface area contributed by atoms with Gasteiger partial charge in [0.25, 0.3) is 0 Å². The molecule has 0 aliphatic heterocycles. The van der Waals surface area contributed by atoms with Gasteiger partial charge in [0.05, 0.1) is 13.0 Å². The van der Waals surface area contributed by atoms with Gasteiger partial charge in [-0.25, -0.2) is 9.67 Å². The molecule has 1 aromatic carbocycles. The maximum Gasteiger partial charge on any atom is 0.223 e. The monoisotopic (exact) mass is 356 g/mol. The van der Waals surface area contributed by atoms with Gasteiger partial charge >= 0.3 is 0 Å². The molecule has 0 aliphatic rings. The van der Waals surface area contributed by atoms with Crippen molar-refractivity contribution in [1.82, 2.24) is 20.1 Å². The van der Waals surface area contributed by atoms with Gasteiger partial charge in [0, 0.05) is 21.7 Å². The summed E-state index contributed by atoms with van der Waals surface area (Å²) in [4.78, 5) is 16.0. The standard InChI is InChI=1S/C15H18Cl2N4O2/c1-10(2)20-14(22)6-15(23,7-21-9-18-8-19-21)12-4-3-11(16)5-13(12)17/h3-5,8-10,23H,6-7H2,1-2H3,(H,20,22). The number of rotatable bonds is 6. The first-order valence-corrected chi connectivity index (χ1v) is 7.85. The van der Waals surface area contributed by atoms with Crippen molar-refractivity contribution >= 4 is 29.1 Å². The molecule has 23 heavy (non-hydrogen) atoms. The largest absolute Gasteiger partial charge is 0.383 e. The van der Waals surface area contributed by atoms with E-state index in [2.05, 4.69) is 15.4 Å². The van der Waals surface area contributed by atoms with Crippen LogP contribution in [0.1, 0.15) is 25.8 Å². The van der Waals surface area contributed by atoms with E-state index in [4.69, 9.17) is 23.2 Å². The highest BCUT2D eigenvalue weighted by Gasteiger charge is 2.35. The summed E-state index contributed by atoms with van der Waals surface area (Å²) in [6, 6.07) is 4.74. The van der Waals surface area contributed by atoms with Crippen LogP contribution in [-0.4, -0.2) is 31.8 Å². The lowest BCUT2D eigenvalue weighted by atomic mass is 9.89. The van der Waals surface area contributed by atoms with Gasteiger partial charge in [-0.05, 0) is 26.0 Å². The van der Waals surface area contributed by atoms with Gasteiger partial charge in [-0.1, -0.05) is 29.3 Å². The number of halogens is 2. The summed E-state index contributed by atoms with van der Waals surface area (Å²) in [5.74, 6) is -0.284. The molecule has 1 heterocycles. The number of nitrogens with one attached hydrogen (secondary N) is 1. The van der Waals surface area contributed by atoms with E-state index in [1.807, 2.05) is 13.8 Å². The Morgan fingerprint density at radius 3 is 2.74 bits per heavy atom. The van der Waals surface area contributed by atoms with Crippen LogP contribution in [0.2, 0.25) is 10.0 Å². The zero-order chi connectivity index (χ0) is 17.0. The first-order valence-electron chi connectivity index (χ1n) is 7.10. The summed E-state index contributed by atoms with van der Waals surface area (Å²) in [6.07, 6.45) is 2.67. The van der Waals surface area contributed by atoms with E-state index in [0.717, 1.165) is 0 Å². The van der Waals surface area contributed by atoms with Crippen LogP contribution in [0.3, 0.4) is 0 Å². The zero-order valence-corrected chi connectivity index (χ0v) is 14.3. The summed E-state index contributed by atoms with van der Waals surface area (Å²) < 4.78 is 1.45. The lowest BCUT2D eigenvalue weighted by Gasteiger charge is -2.29. The summed E-state index contributed by atoms with van der Waals surface area (Å²) in [7, 11) is 0. The van der Waals surface area contributed by atoms with Crippen LogP contribution in [-0.2, 0) is 16.9 Å². The molecule has 1 atom stereocenters. The third-order valence-electron chi connectivity index (χ3n) is 3.23. The molecule has 0 saturated carbocycles. The molecule has 1 amide bonds. The maximum absolute atomic E-state index is 12.2. The normalized spacial score (nSPS) is 13.8. The lowest BCUT2D eigenvalue weighted by Crippen LogP contribution is -2.40. The molecule has 2 N–H and O–H groups in total. The van der Waals surface area contributed by atoms with Crippen molar-refractivity contribution in [1.29, 1.82) is 0 Å². The smallest absolute Gasteiger partial charge is 0.223 e. The highest BCUT2D eigenvalue weighted by molar-refractivity contribution is 6.35. The molecule has 1 unspecified atom stereocenters. The SMILES string of the molecule is CC(C)NC(=O)CC(O)(Cn1cncn1)c1ccc(Cl)cc1Cl. The van der Waals surface area contributed by atoms with E-state index in [9.17, 15) is 9.90 Å². The van der Waals surface area contributed by atoms with Crippen molar-refractivity contribution in [2.45, 2.75) is 38.5 Å². The second-order valence-corrected chi connectivity index (χ2v) is 6.49. The van der Waals surface area contributed by atoms with Crippen LogP contribution in [0.25, 0.3) is 0 Å². The first kappa shape index (κ1) is 17.7. The molecule has 2 aromatic rings. The minimum atomic E-state index is -1.53. The molecular formula is C15H18Cl2N4O2. The third-order valence-corrected chi connectivity index (χ3v) is 3.77. The summed E-state index contributed by atoms with van der Waals surface area (Å²) in [5, 5.41) is 18.6. The number of aliphatic hydroxyl groups is 1. The molecule has 6 nitrogen and oxygen atoms in total. The number of hydrogen-bond donors (Lipinski definition) is 2. The van der Waals surface area contributed by atoms with E-state index in [0.29, 0.717) is 10.6 Å². The van der Waals surface area contributed by atoms with Crippen molar-refractivity contribution in [2.24, 2.45) is 0 Å². The van der Waals surface area contributed by atoms with Gasteiger partial charge in [-0.15, -0.1) is 0 Å². The molecule has 0 saturated heterocycles. The second-order valence-electron chi connectivity index (χ2n) is 5.65. The molecule has 0 radical (unpaired) electrons. The van der Waals surface area contributed by atoms with Crippen molar-refractivity contribution in [3.63, 3.8) is 0 Å². The molecule has 0 aliphatic carbocycles. The Morgan fingerprint density at radius 1 is 1.43 bits per heavy atom. The average molecular weight is 357 g/mol. The van der Waals surface area contributed by atoms with Gasteiger partial charge in [0.2, 0.25) is 5.91 Å². The van der Waals surface area contributed by atoms with Gasteiger partial charge in [0.1, 0.15) is 18.3 Å². The minimum absolute atomic E-state index is 0.0289. The molecule has 0 spiro atoms. The number of nitrogens with zero attached hydrogens (tertiary/aromatic N) is 3. The predicted octanol–water partition coefficient (Wildman–Crippen LogP) is 2.39. The second kappa shape index (κ2) is 7.29. The predicted molar refractivity (Wildman–Crippen MR) is 88.3 cm³/mol. The minimum Gasteiger partial charge on any atom is -0.383 e. The number of amides is 1. The van der Waals surface area contributed by atoms with E-state index >= 15 is 0 Å². The van der Waals surface area contributed by atoms with Crippen LogP contribution in [0.4, 0.5) is 0 Å². The van der Waals surface area contributed by atoms with Crippen LogP contribution in [0, 0.1) is 0 Å². The Labute approximate surface area is 144 Å². The number of carbonyl (C=O) groups is 1. The fourth-order valence-corrected chi connectivity index (χ4v) is 2.91. The maximum atomic E-state index is 12.2. The topological polar surface area (TPSA) is 80.0 Å². The Bertz CT molecular complexity index is 676. The number of hydrogen-bond acceptors (Lipinski definition) is 4. The summed E-state index contributed by atoms with van der Waals surface area (Å²) in [5.41, 5.74) is -1.12. The van der Waals surface area contributed by atoms with E-state index in [1.54, 1.807) is 12.1 Å². The first-order chi connectivity index (χ1) is 10.8. The number of aromatic nitrogens is 3. The van der Waals surface area contributed by atoms with E-state index < -0.39 is 5.60 Å². The average Bonchev–Trinajstić information content (AvgIpc) is 2.89. The van der Waals surface area contributed by atoms with Crippen LogP contribution < -0.4 is 5.32 Å². The molecule has 1 aromatic heterocycles. The third kappa shape index (κ3) is 4.67. The van der Waals surface area contributed by atoms with Crippen LogP contribution in [0.15, 0.2) is 30.9 Å². The number of benzene rings is 1. The van der Waals surface area contributed by atoms with E-state index in [-0.39, 0.29) is 29.9 Å². The van der Waals surface area contributed by atoms with Crippen LogP contribution in [0.5, 0.6) is 0 Å². The van der Waals surface area contributed by atoms with Crippen molar-refractivity contribution in [3.8, 4) is 0 Å². The van der Waals surface area contributed by atoms with Gasteiger partial charge in [-0.2, -0.15) is 5.10 Å². The quantitative estimate of drug-likeness (QED) is 0.832. The Hall–Kier alpha value is -1.63. The highest BCUT2D eigenvalue weighted by Crippen LogP contribution is 2.34. The molecule has 2 rings (SSSR count).